The van der Waals surface area contributed by atoms with Crippen molar-refractivity contribution >= 4 is 34.8 Å². The van der Waals surface area contributed by atoms with Crippen molar-refractivity contribution in [2.24, 2.45) is 0 Å². The standard InChI is InChI=1S/C20H14Cl2FNO2/c21-14-7-5-13(6-8-14)12-26-19-4-2-1-3-16(19)20(25)24-15-9-10-18(23)17(22)11-15/h1-11H,12H2,(H,24,25). The van der Waals surface area contributed by atoms with Crippen molar-refractivity contribution in [2.75, 3.05) is 5.32 Å². The van der Waals surface area contributed by atoms with Crippen LogP contribution in [0, 0.1) is 5.82 Å². The Bertz CT molecular complexity index is 929. The molecule has 3 aromatic rings. The van der Waals surface area contributed by atoms with Crippen LogP contribution < -0.4 is 10.1 Å². The molecule has 0 heterocycles. The second kappa shape index (κ2) is 8.21. The summed E-state index contributed by atoms with van der Waals surface area (Å²) in [5.41, 5.74) is 1.69. The summed E-state index contributed by atoms with van der Waals surface area (Å²) in [4.78, 5) is 12.5. The summed E-state index contributed by atoms with van der Waals surface area (Å²) in [6.07, 6.45) is 0. The molecule has 132 valence electrons. The van der Waals surface area contributed by atoms with E-state index in [0.29, 0.717) is 28.6 Å². The number of ether oxygens (including phenoxy) is 1. The van der Waals surface area contributed by atoms with Gasteiger partial charge in [-0.1, -0.05) is 47.5 Å². The third-order valence-electron chi connectivity index (χ3n) is 3.62. The van der Waals surface area contributed by atoms with Gasteiger partial charge in [0.2, 0.25) is 0 Å². The minimum atomic E-state index is -0.545. The fourth-order valence-electron chi connectivity index (χ4n) is 2.29. The van der Waals surface area contributed by atoms with Gasteiger partial charge in [-0.15, -0.1) is 0 Å². The molecule has 0 bridgehead atoms. The first-order valence-corrected chi connectivity index (χ1v) is 8.51. The average molecular weight is 390 g/mol. The van der Waals surface area contributed by atoms with E-state index in [9.17, 15) is 9.18 Å². The summed E-state index contributed by atoms with van der Waals surface area (Å²) in [5, 5.41) is 3.27. The van der Waals surface area contributed by atoms with Gasteiger partial charge in [0.05, 0.1) is 10.6 Å². The third-order valence-corrected chi connectivity index (χ3v) is 4.16. The zero-order valence-electron chi connectivity index (χ0n) is 13.5. The van der Waals surface area contributed by atoms with Crippen LogP contribution in [0.5, 0.6) is 5.75 Å². The van der Waals surface area contributed by atoms with Gasteiger partial charge in [-0.25, -0.2) is 4.39 Å². The molecule has 6 heteroatoms. The lowest BCUT2D eigenvalue weighted by Gasteiger charge is -2.12. The molecule has 0 unspecified atom stereocenters. The van der Waals surface area contributed by atoms with E-state index in [0.717, 1.165) is 5.56 Å². The van der Waals surface area contributed by atoms with Crippen LogP contribution in [-0.4, -0.2) is 5.91 Å². The highest BCUT2D eigenvalue weighted by atomic mass is 35.5. The second-order valence-electron chi connectivity index (χ2n) is 5.49. The fraction of sp³-hybridized carbons (Fsp3) is 0.0500. The van der Waals surface area contributed by atoms with Crippen LogP contribution in [0.15, 0.2) is 66.7 Å². The number of carbonyl (C=O) groups excluding carboxylic acids is 1. The molecule has 0 saturated heterocycles. The number of para-hydroxylation sites is 1. The van der Waals surface area contributed by atoms with Crippen LogP contribution in [0.25, 0.3) is 0 Å². The van der Waals surface area contributed by atoms with Crippen molar-refractivity contribution in [1.29, 1.82) is 0 Å². The topological polar surface area (TPSA) is 38.3 Å². The van der Waals surface area contributed by atoms with Crippen molar-refractivity contribution in [3.63, 3.8) is 0 Å². The predicted octanol–water partition coefficient (Wildman–Crippen LogP) is 5.96. The first kappa shape index (κ1) is 18.2. The highest BCUT2D eigenvalue weighted by Crippen LogP contribution is 2.23. The predicted molar refractivity (Wildman–Crippen MR) is 102 cm³/mol. The summed E-state index contributed by atoms with van der Waals surface area (Å²) in [6, 6.07) is 18.1. The first-order valence-electron chi connectivity index (χ1n) is 7.75. The molecule has 0 aliphatic carbocycles. The number of benzene rings is 3. The number of rotatable bonds is 5. The van der Waals surface area contributed by atoms with E-state index in [4.69, 9.17) is 27.9 Å². The maximum Gasteiger partial charge on any atom is 0.259 e. The monoisotopic (exact) mass is 389 g/mol. The number of hydrogen-bond acceptors (Lipinski definition) is 2. The van der Waals surface area contributed by atoms with E-state index < -0.39 is 5.82 Å². The number of nitrogens with one attached hydrogen (secondary N) is 1. The van der Waals surface area contributed by atoms with Crippen LogP contribution in [0.1, 0.15) is 15.9 Å². The molecule has 0 aliphatic rings. The Morgan fingerprint density at radius 2 is 1.73 bits per heavy atom. The van der Waals surface area contributed by atoms with Crippen LogP contribution in [0.4, 0.5) is 10.1 Å². The quantitative estimate of drug-likeness (QED) is 0.584. The molecule has 1 N–H and O–H groups in total. The van der Waals surface area contributed by atoms with Crippen LogP contribution in [0.3, 0.4) is 0 Å². The molecule has 0 spiro atoms. The molecule has 3 aromatic carbocycles. The summed E-state index contributed by atoms with van der Waals surface area (Å²) in [6.45, 7) is 0.295. The molecule has 0 atom stereocenters. The van der Waals surface area contributed by atoms with E-state index >= 15 is 0 Å². The van der Waals surface area contributed by atoms with Crippen molar-refractivity contribution < 1.29 is 13.9 Å². The lowest BCUT2D eigenvalue weighted by Crippen LogP contribution is -2.13. The lowest BCUT2D eigenvalue weighted by molar-refractivity contribution is 0.102. The fourth-order valence-corrected chi connectivity index (χ4v) is 2.60. The molecule has 3 nitrogen and oxygen atoms in total. The van der Waals surface area contributed by atoms with E-state index in [1.165, 1.54) is 18.2 Å². The van der Waals surface area contributed by atoms with Crippen molar-refractivity contribution in [3.8, 4) is 5.75 Å². The Labute approximate surface area is 160 Å². The summed E-state index contributed by atoms with van der Waals surface area (Å²) in [7, 11) is 0. The van der Waals surface area contributed by atoms with Crippen molar-refractivity contribution in [2.45, 2.75) is 6.61 Å². The first-order chi connectivity index (χ1) is 12.5. The molecule has 0 fully saturated rings. The van der Waals surface area contributed by atoms with E-state index in [-0.39, 0.29) is 10.9 Å². The van der Waals surface area contributed by atoms with Gasteiger partial charge in [-0.05, 0) is 48.0 Å². The van der Waals surface area contributed by atoms with Gasteiger partial charge in [0.1, 0.15) is 18.2 Å². The second-order valence-corrected chi connectivity index (χ2v) is 6.34. The zero-order valence-corrected chi connectivity index (χ0v) is 15.0. The molecular weight excluding hydrogens is 376 g/mol. The number of amides is 1. The minimum absolute atomic E-state index is 0.0601. The van der Waals surface area contributed by atoms with E-state index in [1.807, 2.05) is 12.1 Å². The van der Waals surface area contributed by atoms with Crippen molar-refractivity contribution in [3.05, 3.63) is 93.7 Å². The van der Waals surface area contributed by atoms with Gasteiger partial charge in [0, 0.05) is 10.7 Å². The SMILES string of the molecule is O=C(Nc1ccc(F)c(Cl)c1)c1ccccc1OCc1ccc(Cl)cc1. The molecular formula is C20H14Cl2FNO2. The lowest BCUT2D eigenvalue weighted by atomic mass is 10.1. The molecule has 3 rings (SSSR count). The molecule has 0 radical (unpaired) electrons. The summed E-state index contributed by atoms with van der Waals surface area (Å²) >= 11 is 11.6. The molecule has 1 amide bonds. The average Bonchev–Trinajstić information content (AvgIpc) is 2.64. The molecule has 0 aliphatic heterocycles. The van der Waals surface area contributed by atoms with Gasteiger partial charge in [0.15, 0.2) is 0 Å². The van der Waals surface area contributed by atoms with Crippen LogP contribution >= 0.6 is 23.2 Å². The maximum atomic E-state index is 13.2. The Kier molecular flexibility index (Phi) is 5.76. The van der Waals surface area contributed by atoms with Crippen molar-refractivity contribution in [1.82, 2.24) is 0 Å². The number of hydrogen-bond donors (Lipinski definition) is 1. The molecule has 26 heavy (non-hydrogen) atoms. The van der Waals surface area contributed by atoms with Gasteiger partial charge < -0.3 is 10.1 Å². The summed E-state index contributed by atoms with van der Waals surface area (Å²) < 4.78 is 19.0. The summed E-state index contributed by atoms with van der Waals surface area (Å²) in [5.74, 6) is -0.482. The van der Waals surface area contributed by atoms with E-state index in [2.05, 4.69) is 5.32 Å². The number of halogens is 3. The normalized spacial score (nSPS) is 10.4. The Morgan fingerprint density at radius 3 is 2.46 bits per heavy atom. The molecule has 0 aromatic heterocycles. The Hall–Kier alpha value is -2.56. The van der Waals surface area contributed by atoms with E-state index in [1.54, 1.807) is 36.4 Å². The van der Waals surface area contributed by atoms with Gasteiger partial charge in [-0.2, -0.15) is 0 Å². The maximum absolute atomic E-state index is 13.2. The Balaban J connectivity index is 1.74. The number of carbonyl (C=O) groups is 1. The van der Waals surface area contributed by atoms with Crippen LogP contribution in [-0.2, 0) is 6.61 Å². The highest BCUT2D eigenvalue weighted by molar-refractivity contribution is 6.31. The number of anilines is 1. The minimum Gasteiger partial charge on any atom is -0.488 e. The largest absolute Gasteiger partial charge is 0.488 e. The molecule has 0 saturated carbocycles. The highest BCUT2D eigenvalue weighted by Gasteiger charge is 2.13. The smallest absolute Gasteiger partial charge is 0.259 e. The Morgan fingerprint density at radius 1 is 1.00 bits per heavy atom. The third kappa shape index (κ3) is 4.54. The van der Waals surface area contributed by atoms with Gasteiger partial charge in [0.25, 0.3) is 5.91 Å². The van der Waals surface area contributed by atoms with Crippen LogP contribution in [0.2, 0.25) is 10.0 Å². The van der Waals surface area contributed by atoms with Gasteiger partial charge >= 0.3 is 0 Å². The van der Waals surface area contributed by atoms with Gasteiger partial charge in [-0.3, -0.25) is 4.79 Å². The zero-order chi connectivity index (χ0) is 18.5.